The zero-order valence-corrected chi connectivity index (χ0v) is 45.5. The molecule has 0 spiro atoms. The van der Waals surface area contributed by atoms with Crippen LogP contribution in [0.1, 0.15) is 78.7 Å². The zero-order chi connectivity index (χ0) is 50.8. The molecular formula is C52H65BBrIN4O12. The van der Waals surface area contributed by atoms with Crippen LogP contribution in [0.3, 0.4) is 0 Å². The second-order valence-electron chi connectivity index (χ2n) is 19.4. The number of aromatic nitrogens is 4. The van der Waals surface area contributed by atoms with E-state index in [2.05, 4.69) is 25.9 Å². The molecule has 3 fully saturated rings. The van der Waals surface area contributed by atoms with Crippen LogP contribution in [0.15, 0.2) is 102 Å². The number of carbonyl (C=O) groups is 2. The van der Waals surface area contributed by atoms with Crippen LogP contribution < -0.4 is 5.46 Å². The standard InChI is InChI=1S/C24H35BO7.C20H22N2O5.C8H7BrN2.HI/c1-14-15(2)21(29-17(4)27)22(30-20(14)13-28-16(3)26)18-10-9-11-19(12-18)25-31-23(5,6)24(7,8)32-25;1-22-10-21-14-8-12(5-6-15(14)22)11-3-2-4-13(7-11)20-19(26)18(25)17(24)16(9-23)27-20;1-11-5-10-7-4-6(9)2-3-8(7)11;/h9-12,14-15,20-22H,13H2,1-8H3;2-8,10,16-20,23-26H,9H2,1H3;2-5H,1H3;1H/t14-,15-,20+,21-,22+;16-,17-,18+,19+,20-;;/m01../s1. The number of aliphatic hydroxyl groups excluding tert-OH is 4. The summed E-state index contributed by atoms with van der Waals surface area (Å²) in [5, 5.41) is 39.7. The van der Waals surface area contributed by atoms with Crippen molar-refractivity contribution in [3.8, 4) is 11.1 Å². The molecule has 0 radical (unpaired) electrons. The van der Waals surface area contributed by atoms with Gasteiger partial charge in [0, 0.05) is 38.3 Å². The summed E-state index contributed by atoms with van der Waals surface area (Å²) in [6.07, 6.45) is -3.54. The maximum atomic E-state index is 11.9. The van der Waals surface area contributed by atoms with Gasteiger partial charge in [-0.25, -0.2) is 9.97 Å². The van der Waals surface area contributed by atoms with Gasteiger partial charge in [-0.3, -0.25) is 9.59 Å². The van der Waals surface area contributed by atoms with Crippen molar-refractivity contribution >= 4 is 86.5 Å². The maximum Gasteiger partial charge on any atom is 0.494 e. The Morgan fingerprint density at radius 1 is 0.704 bits per heavy atom. The number of fused-ring (bicyclic) bond motifs is 2. The lowest BCUT2D eigenvalue weighted by Gasteiger charge is -2.44. The number of ether oxygens (including phenoxy) is 4. The highest BCUT2D eigenvalue weighted by Crippen LogP contribution is 2.42. The third kappa shape index (κ3) is 12.6. The van der Waals surface area contributed by atoms with Crippen molar-refractivity contribution in [2.24, 2.45) is 25.9 Å². The van der Waals surface area contributed by atoms with Crippen molar-refractivity contribution in [1.82, 2.24) is 19.1 Å². The Morgan fingerprint density at radius 3 is 1.87 bits per heavy atom. The average Bonchev–Trinajstić information content (AvgIpc) is 3.96. The lowest BCUT2D eigenvalue weighted by atomic mass is 9.76. The number of aliphatic hydroxyl groups is 4. The van der Waals surface area contributed by atoms with E-state index >= 15 is 0 Å². The summed E-state index contributed by atoms with van der Waals surface area (Å²) in [6, 6.07) is 27.3. The third-order valence-corrected chi connectivity index (χ3v) is 14.4. The quantitative estimate of drug-likeness (QED) is 0.0696. The van der Waals surface area contributed by atoms with Gasteiger partial charge in [0.15, 0.2) is 0 Å². The van der Waals surface area contributed by atoms with E-state index in [1.54, 1.807) is 12.4 Å². The van der Waals surface area contributed by atoms with Gasteiger partial charge in [0.05, 0.1) is 58.6 Å². The molecule has 10 atom stereocenters. The molecule has 0 aliphatic carbocycles. The van der Waals surface area contributed by atoms with E-state index in [4.69, 9.17) is 28.3 Å². The molecule has 5 heterocycles. The van der Waals surface area contributed by atoms with Crippen LogP contribution in [0, 0.1) is 11.8 Å². The Labute approximate surface area is 440 Å². The van der Waals surface area contributed by atoms with Crippen LogP contribution >= 0.6 is 39.9 Å². The van der Waals surface area contributed by atoms with Crippen LogP contribution in [-0.2, 0) is 51.9 Å². The highest BCUT2D eigenvalue weighted by atomic mass is 127. The van der Waals surface area contributed by atoms with Crippen molar-refractivity contribution in [3.63, 3.8) is 0 Å². The largest absolute Gasteiger partial charge is 0.494 e. The molecule has 0 amide bonds. The molecule has 9 rings (SSSR count). The molecule has 4 N–H and O–H groups in total. The molecule has 0 bridgehead atoms. The van der Waals surface area contributed by atoms with Gasteiger partial charge in [-0.2, -0.15) is 0 Å². The fourth-order valence-electron chi connectivity index (χ4n) is 8.88. The van der Waals surface area contributed by atoms with Gasteiger partial charge in [-0.05, 0) is 97.7 Å². The number of hydrogen-bond donors (Lipinski definition) is 4. The average molecular weight is 1160 g/mol. The van der Waals surface area contributed by atoms with E-state index < -0.39 is 67.7 Å². The molecule has 3 saturated heterocycles. The number of hydrogen-bond acceptors (Lipinski definition) is 14. The summed E-state index contributed by atoms with van der Waals surface area (Å²) in [5.41, 5.74) is 7.47. The minimum absolute atomic E-state index is 0. The van der Waals surface area contributed by atoms with Crippen LogP contribution in [0.25, 0.3) is 33.2 Å². The second kappa shape index (κ2) is 23.3. The van der Waals surface area contributed by atoms with Crippen molar-refractivity contribution in [3.05, 3.63) is 113 Å². The van der Waals surface area contributed by atoms with Gasteiger partial charge < -0.3 is 57.8 Å². The predicted molar refractivity (Wildman–Crippen MR) is 283 cm³/mol. The fourth-order valence-corrected chi connectivity index (χ4v) is 9.23. The Bertz CT molecular complexity index is 2770. The first kappa shape index (κ1) is 56.0. The molecule has 0 saturated carbocycles. The van der Waals surface area contributed by atoms with Crippen LogP contribution in [0.5, 0.6) is 0 Å². The number of imidazole rings is 2. The van der Waals surface area contributed by atoms with Gasteiger partial charge in [-0.1, -0.05) is 78.3 Å². The Kier molecular flexibility index (Phi) is 18.4. The number of halogens is 2. The maximum absolute atomic E-state index is 11.9. The number of carbonyl (C=O) groups excluding carboxylic acids is 2. The number of benzene rings is 4. The SMILES string of the molecule is CC(=O)OC[C@H]1O[C@H](c2cccc(B3OC(C)(C)C(C)(C)O3)c2)[C@@H](OC(C)=O)[C@@H](C)[C@@H]1C.Cn1cnc2cc(-c3cccc([C@H]4O[C@H](CO)[C@@H](O)[C@H](O)[C@@H]4O)c3)ccc21.Cn1cnc2cc(Br)ccc21.I. The van der Waals surface area contributed by atoms with E-state index in [0.717, 1.165) is 48.7 Å². The monoisotopic (exact) mass is 1150 g/mol. The van der Waals surface area contributed by atoms with Gasteiger partial charge >= 0.3 is 19.1 Å². The van der Waals surface area contributed by atoms with Gasteiger partial charge in [0.1, 0.15) is 49.3 Å². The summed E-state index contributed by atoms with van der Waals surface area (Å²) in [4.78, 5) is 31.8. The number of rotatable bonds is 8. The molecule has 2 aromatic heterocycles. The van der Waals surface area contributed by atoms with E-state index in [0.29, 0.717) is 5.56 Å². The summed E-state index contributed by atoms with van der Waals surface area (Å²) in [5.74, 6) is -0.682. The second-order valence-corrected chi connectivity index (χ2v) is 20.3. The van der Waals surface area contributed by atoms with Crippen molar-refractivity contribution in [1.29, 1.82) is 0 Å². The Hall–Kier alpha value is -4.29. The minimum atomic E-state index is -1.39. The topological polar surface area (TPSA) is 206 Å². The fraction of sp³-hybridized carbons (Fsp3) is 0.462. The highest BCUT2D eigenvalue weighted by molar-refractivity contribution is 14.0. The van der Waals surface area contributed by atoms with Crippen LogP contribution in [0.4, 0.5) is 0 Å². The first-order valence-electron chi connectivity index (χ1n) is 23.4. The predicted octanol–water partition coefficient (Wildman–Crippen LogP) is 6.90. The van der Waals surface area contributed by atoms with E-state index in [-0.39, 0.29) is 60.5 Å². The smallest absolute Gasteiger partial charge is 0.463 e. The molecule has 0 unspecified atom stereocenters. The van der Waals surface area contributed by atoms with Crippen molar-refractivity contribution < 1.29 is 58.3 Å². The number of aryl methyl sites for hydroxylation is 2. The number of esters is 2. The van der Waals surface area contributed by atoms with E-state index in [1.807, 2.05) is 150 Å². The molecule has 19 heteroatoms. The highest BCUT2D eigenvalue weighted by Gasteiger charge is 2.52. The van der Waals surface area contributed by atoms with Crippen molar-refractivity contribution in [2.45, 2.75) is 115 Å². The zero-order valence-electron chi connectivity index (χ0n) is 41.6. The van der Waals surface area contributed by atoms with E-state index in [9.17, 15) is 30.0 Å². The van der Waals surface area contributed by atoms with Crippen molar-refractivity contribution in [2.75, 3.05) is 13.2 Å². The summed E-state index contributed by atoms with van der Waals surface area (Å²) in [6.45, 7) is 14.6. The minimum Gasteiger partial charge on any atom is -0.463 e. The van der Waals surface area contributed by atoms with Gasteiger partial charge in [0.25, 0.3) is 0 Å². The molecule has 16 nitrogen and oxygen atoms in total. The van der Waals surface area contributed by atoms with E-state index in [1.165, 1.54) is 13.8 Å². The summed E-state index contributed by atoms with van der Waals surface area (Å²) in [7, 11) is 3.42. The molecule has 71 heavy (non-hydrogen) atoms. The van der Waals surface area contributed by atoms with Crippen LogP contribution in [0.2, 0.25) is 0 Å². The molecular weight excluding hydrogens is 1090 g/mol. The van der Waals surface area contributed by atoms with Gasteiger partial charge in [0.2, 0.25) is 0 Å². The Balaban J connectivity index is 0.000000190. The van der Waals surface area contributed by atoms with Gasteiger partial charge in [-0.15, -0.1) is 24.0 Å². The third-order valence-electron chi connectivity index (χ3n) is 13.9. The lowest BCUT2D eigenvalue weighted by molar-refractivity contribution is -0.231. The summed E-state index contributed by atoms with van der Waals surface area (Å²) < 4.78 is 40.4. The number of nitrogens with zero attached hydrogens (tertiary/aromatic N) is 4. The normalized spacial score (nSPS) is 26.6. The molecule has 3 aliphatic heterocycles. The lowest BCUT2D eigenvalue weighted by Crippen LogP contribution is -2.55. The molecule has 382 valence electrons. The molecule has 6 aromatic rings. The molecule has 3 aliphatic rings. The van der Waals surface area contributed by atoms with Crippen LogP contribution in [-0.4, -0.2) is 120 Å². The Morgan fingerprint density at radius 2 is 1.27 bits per heavy atom. The first-order chi connectivity index (χ1) is 33.1. The molecule has 4 aromatic carbocycles. The first-order valence-corrected chi connectivity index (χ1v) is 24.2. The summed E-state index contributed by atoms with van der Waals surface area (Å²) >= 11 is 3.39.